The van der Waals surface area contributed by atoms with Crippen molar-refractivity contribution in [3.8, 4) is 17.2 Å². The Hall–Kier alpha value is -4.20. The van der Waals surface area contributed by atoms with Gasteiger partial charge in [-0.25, -0.2) is 0 Å². The highest BCUT2D eigenvalue weighted by atomic mass is 16.5. The molecule has 0 unspecified atom stereocenters. The zero-order valence-electron chi connectivity index (χ0n) is 19.6. The summed E-state index contributed by atoms with van der Waals surface area (Å²) < 4.78 is 21.4. The van der Waals surface area contributed by atoms with Crippen LogP contribution in [0.1, 0.15) is 35.5 Å². The third kappa shape index (κ3) is 6.65. The second-order valence-corrected chi connectivity index (χ2v) is 7.59. The normalized spacial score (nSPS) is 11.1. The Bertz CT molecular complexity index is 1130. The van der Waals surface area contributed by atoms with Crippen LogP contribution in [-0.4, -0.2) is 32.1 Å². The van der Waals surface area contributed by atoms with E-state index in [-0.39, 0.29) is 18.3 Å². The molecule has 0 spiro atoms. The number of carbonyl (C=O) groups is 2. The molecule has 0 aliphatic heterocycles. The van der Waals surface area contributed by atoms with E-state index in [1.807, 2.05) is 38.1 Å². The van der Waals surface area contributed by atoms with Crippen LogP contribution in [0.25, 0.3) is 6.08 Å². The van der Waals surface area contributed by atoms with E-state index in [2.05, 4.69) is 10.6 Å². The first-order chi connectivity index (χ1) is 16.4. The van der Waals surface area contributed by atoms with E-state index < -0.39 is 11.8 Å². The van der Waals surface area contributed by atoms with Gasteiger partial charge in [0, 0.05) is 18.2 Å². The van der Waals surface area contributed by atoms with Gasteiger partial charge in [0.05, 0.1) is 26.6 Å². The summed E-state index contributed by atoms with van der Waals surface area (Å²) in [7, 11) is 2.99. The van der Waals surface area contributed by atoms with Crippen LogP contribution >= 0.6 is 0 Å². The number of furan rings is 1. The van der Waals surface area contributed by atoms with Crippen LogP contribution in [0.2, 0.25) is 0 Å². The molecule has 8 nitrogen and oxygen atoms in total. The molecule has 0 fully saturated rings. The van der Waals surface area contributed by atoms with Gasteiger partial charge in [-0.1, -0.05) is 12.1 Å². The van der Waals surface area contributed by atoms with E-state index in [1.54, 1.807) is 24.3 Å². The fraction of sp³-hybridized carbons (Fsp3) is 0.231. The fourth-order valence-corrected chi connectivity index (χ4v) is 3.08. The minimum Gasteiger partial charge on any atom is -0.493 e. The number of amides is 2. The maximum absolute atomic E-state index is 12.9. The molecule has 34 heavy (non-hydrogen) atoms. The standard InChI is InChI=1S/C26H28N2O6/c1-17(2)34-20-10-7-18(8-11-20)16-27-26(30)22(15-21-6-5-13-33-21)28-25(29)19-9-12-23(31-3)24(14-19)32-4/h5-15,17H,16H2,1-4H3,(H,27,30)(H,28,29)/b22-15-. The fourth-order valence-electron chi connectivity index (χ4n) is 3.08. The van der Waals surface area contributed by atoms with Crippen LogP contribution in [0.3, 0.4) is 0 Å². The van der Waals surface area contributed by atoms with Gasteiger partial charge in [-0.05, 0) is 61.9 Å². The van der Waals surface area contributed by atoms with E-state index in [9.17, 15) is 9.59 Å². The predicted molar refractivity (Wildman–Crippen MR) is 128 cm³/mol. The van der Waals surface area contributed by atoms with Crippen LogP contribution in [0, 0.1) is 0 Å². The van der Waals surface area contributed by atoms with Gasteiger partial charge in [0.2, 0.25) is 0 Å². The molecule has 178 valence electrons. The molecule has 0 saturated heterocycles. The molecule has 3 rings (SSSR count). The Kier molecular flexibility index (Phi) is 8.34. The molecule has 0 saturated carbocycles. The van der Waals surface area contributed by atoms with Crippen molar-refractivity contribution in [2.24, 2.45) is 0 Å². The second kappa shape index (κ2) is 11.6. The van der Waals surface area contributed by atoms with Crippen LogP contribution in [-0.2, 0) is 11.3 Å². The van der Waals surface area contributed by atoms with Crippen molar-refractivity contribution in [1.82, 2.24) is 10.6 Å². The highest BCUT2D eigenvalue weighted by Gasteiger charge is 2.17. The Morgan fingerprint density at radius 3 is 2.35 bits per heavy atom. The molecular formula is C26H28N2O6. The molecule has 1 heterocycles. The molecule has 0 atom stereocenters. The lowest BCUT2D eigenvalue weighted by atomic mass is 10.1. The predicted octanol–water partition coefficient (Wildman–Crippen LogP) is 4.17. The van der Waals surface area contributed by atoms with E-state index >= 15 is 0 Å². The molecular weight excluding hydrogens is 436 g/mol. The first kappa shape index (κ1) is 24.4. The molecule has 3 aromatic rings. The average molecular weight is 465 g/mol. The zero-order valence-corrected chi connectivity index (χ0v) is 19.6. The van der Waals surface area contributed by atoms with Gasteiger partial charge in [-0.15, -0.1) is 0 Å². The van der Waals surface area contributed by atoms with Gasteiger partial charge in [-0.2, -0.15) is 0 Å². The number of nitrogens with one attached hydrogen (secondary N) is 2. The van der Waals surface area contributed by atoms with Gasteiger partial charge in [0.1, 0.15) is 17.2 Å². The SMILES string of the molecule is COc1ccc(C(=O)N/C(=C\c2ccco2)C(=O)NCc2ccc(OC(C)C)cc2)cc1OC. The number of methoxy groups -OCH3 is 2. The van der Waals surface area contributed by atoms with Crippen LogP contribution < -0.4 is 24.8 Å². The number of ether oxygens (including phenoxy) is 3. The monoisotopic (exact) mass is 464 g/mol. The lowest BCUT2D eigenvalue weighted by Gasteiger charge is -2.13. The summed E-state index contributed by atoms with van der Waals surface area (Å²) in [6, 6.07) is 15.6. The zero-order chi connectivity index (χ0) is 24.5. The smallest absolute Gasteiger partial charge is 0.268 e. The maximum atomic E-state index is 12.9. The van der Waals surface area contributed by atoms with Crippen molar-refractivity contribution in [1.29, 1.82) is 0 Å². The first-order valence-corrected chi connectivity index (χ1v) is 10.7. The molecule has 2 aromatic carbocycles. The number of rotatable bonds is 10. The van der Waals surface area contributed by atoms with Crippen LogP contribution in [0.5, 0.6) is 17.2 Å². The number of hydrogen-bond donors (Lipinski definition) is 2. The van der Waals surface area contributed by atoms with Crippen molar-refractivity contribution in [2.45, 2.75) is 26.5 Å². The molecule has 0 aliphatic rings. The topological polar surface area (TPSA) is 99.0 Å². The minimum atomic E-state index is -0.482. The summed E-state index contributed by atoms with van der Waals surface area (Å²) in [5.74, 6) is 1.13. The molecule has 0 radical (unpaired) electrons. The highest BCUT2D eigenvalue weighted by molar-refractivity contribution is 6.05. The average Bonchev–Trinajstić information content (AvgIpc) is 3.35. The van der Waals surface area contributed by atoms with E-state index in [1.165, 1.54) is 32.6 Å². The van der Waals surface area contributed by atoms with Gasteiger partial charge in [0.25, 0.3) is 11.8 Å². The van der Waals surface area contributed by atoms with E-state index in [0.29, 0.717) is 22.8 Å². The lowest BCUT2D eigenvalue weighted by molar-refractivity contribution is -0.117. The Morgan fingerprint density at radius 2 is 1.74 bits per heavy atom. The van der Waals surface area contributed by atoms with Gasteiger partial charge >= 0.3 is 0 Å². The molecule has 1 aromatic heterocycles. The van der Waals surface area contributed by atoms with Crippen molar-refractivity contribution in [3.63, 3.8) is 0 Å². The van der Waals surface area contributed by atoms with Crippen LogP contribution in [0.4, 0.5) is 0 Å². The van der Waals surface area contributed by atoms with E-state index in [0.717, 1.165) is 11.3 Å². The maximum Gasteiger partial charge on any atom is 0.268 e. The second-order valence-electron chi connectivity index (χ2n) is 7.59. The van der Waals surface area contributed by atoms with E-state index in [4.69, 9.17) is 18.6 Å². The highest BCUT2D eigenvalue weighted by Crippen LogP contribution is 2.27. The molecule has 2 N–H and O–H groups in total. The number of carbonyl (C=O) groups excluding carboxylic acids is 2. The van der Waals surface area contributed by atoms with Crippen molar-refractivity contribution >= 4 is 17.9 Å². The summed E-state index contributed by atoms with van der Waals surface area (Å²) in [5, 5.41) is 5.48. The van der Waals surface area contributed by atoms with Crippen molar-refractivity contribution in [3.05, 3.63) is 83.4 Å². The van der Waals surface area contributed by atoms with Crippen LogP contribution in [0.15, 0.2) is 71.0 Å². The third-order valence-corrected chi connectivity index (χ3v) is 4.72. The number of benzene rings is 2. The Balaban J connectivity index is 1.73. The Morgan fingerprint density at radius 1 is 1.00 bits per heavy atom. The summed E-state index contributed by atoms with van der Waals surface area (Å²) in [6.45, 7) is 4.18. The third-order valence-electron chi connectivity index (χ3n) is 4.72. The Labute approximate surface area is 198 Å². The summed E-state index contributed by atoms with van der Waals surface area (Å²) in [6.07, 6.45) is 3.03. The lowest BCUT2D eigenvalue weighted by Crippen LogP contribution is -2.34. The molecule has 0 bridgehead atoms. The minimum absolute atomic E-state index is 0.0366. The van der Waals surface area contributed by atoms with Gasteiger partial charge < -0.3 is 29.3 Å². The quantitative estimate of drug-likeness (QED) is 0.437. The van der Waals surface area contributed by atoms with Gasteiger partial charge in [0.15, 0.2) is 11.5 Å². The summed E-state index contributed by atoms with van der Waals surface area (Å²) in [5.41, 5.74) is 1.22. The summed E-state index contributed by atoms with van der Waals surface area (Å²) in [4.78, 5) is 25.8. The molecule has 8 heteroatoms. The first-order valence-electron chi connectivity index (χ1n) is 10.7. The van der Waals surface area contributed by atoms with Gasteiger partial charge in [-0.3, -0.25) is 9.59 Å². The summed E-state index contributed by atoms with van der Waals surface area (Å²) >= 11 is 0. The van der Waals surface area contributed by atoms with Crippen molar-refractivity contribution < 1.29 is 28.2 Å². The largest absolute Gasteiger partial charge is 0.493 e. The molecule has 2 amide bonds. The number of hydrogen-bond acceptors (Lipinski definition) is 6. The van der Waals surface area contributed by atoms with Crippen molar-refractivity contribution in [2.75, 3.05) is 14.2 Å². The molecule has 0 aliphatic carbocycles.